The summed E-state index contributed by atoms with van der Waals surface area (Å²) >= 11 is 0. The number of aliphatic hydroxyl groups excluding tert-OH is 1. The lowest BCUT2D eigenvalue weighted by Gasteiger charge is -2.04. The Morgan fingerprint density at radius 3 is 0.609 bits per heavy atom. The van der Waals surface area contributed by atoms with Gasteiger partial charge in [0.15, 0.2) is 0 Å². The summed E-state index contributed by atoms with van der Waals surface area (Å²) in [6.45, 7) is 2.59. The molecule has 46 heavy (non-hydrogen) atoms. The molecule has 0 aliphatic rings. The Hall–Kier alpha value is -0.560. The van der Waals surface area contributed by atoms with Crippen LogP contribution in [0.4, 0.5) is 0 Å². The van der Waals surface area contributed by atoms with Crippen molar-refractivity contribution in [3.05, 3.63) is 24.3 Å². The van der Waals surface area contributed by atoms with Crippen molar-refractivity contribution >= 4 is 0 Å². The van der Waals surface area contributed by atoms with Crippen molar-refractivity contribution in [2.24, 2.45) is 0 Å². The van der Waals surface area contributed by atoms with E-state index in [-0.39, 0.29) is 0 Å². The van der Waals surface area contributed by atoms with Gasteiger partial charge in [-0.05, 0) is 51.4 Å². The van der Waals surface area contributed by atoms with Gasteiger partial charge in [-0.3, -0.25) is 0 Å². The number of rotatable bonds is 41. The molecule has 0 fully saturated rings. The molecule has 0 spiro atoms. The lowest BCUT2D eigenvalue weighted by Crippen LogP contribution is -1.85. The molecule has 0 aliphatic heterocycles. The van der Waals surface area contributed by atoms with Gasteiger partial charge in [0.1, 0.15) is 0 Å². The molecule has 0 saturated carbocycles. The molecule has 1 heteroatoms. The molecule has 0 aromatic rings. The van der Waals surface area contributed by atoms with E-state index in [2.05, 4.69) is 31.2 Å². The Balaban J connectivity index is 3.08. The highest BCUT2D eigenvalue weighted by molar-refractivity contribution is 4.81. The maximum atomic E-state index is 8.80. The number of unbranched alkanes of at least 4 members (excludes halogenated alkanes) is 36. The van der Waals surface area contributed by atoms with Crippen molar-refractivity contribution in [3.63, 3.8) is 0 Å². The maximum absolute atomic E-state index is 8.80. The summed E-state index contributed by atoms with van der Waals surface area (Å²) in [5, 5.41) is 8.80. The Kier molecular flexibility index (Phi) is 43.9. The van der Waals surface area contributed by atoms with Crippen LogP contribution in [0.3, 0.4) is 0 Å². The second-order valence-corrected chi connectivity index (χ2v) is 14.8. The molecular formula is C45H88O. The van der Waals surface area contributed by atoms with Gasteiger partial charge in [0, 0.05) is 6.61 Å². The van der Waals surface area contributed by atoms with E-state index in [0.29, 0.717) is 6.61 Å². The van der Waals surface area contributed by atoms with Crippen LogP contribution < -0.4 is 0 Å². The smallest absolute Gasteiger partial charge is 0.0431 e. The van der Waals surface area contributed by atoms with Crippen LogP contribution in [-0.2, 0) is 0 Å². The molecule has 0 rings (SSSR count). The molecule has 0 heterocycles. The largest absolute Gasteiger partial charge is 0.396 e. The molecule has 0 aliphatic carbocycles. The highest BCUT2D eigenvalue weighted by atomic mass is 16.2. The predicted molar refractivity (Wildman–Crippen MR) is 211 cm³/mol. The van der Waals surface area contributed by atoms with Gasteiger partial charge in [0.05, 0.1) is 0 Å². The standard InChI is InChI=1S/C45H88O/c1-2-3-4-5-6-7-8-9-10-11-12-13-14-15-16-17-18-19-20-21-22-23-24-25-26-27-28-29-30-31-32-33-34-35-36-37-38-39-40-41-42-43-44-45-46/h3-4,14-15,46H,2,5-13,16-45H2,1H3/b4-3+,15-14+. The van der Waals surface area contributed by atoms with E-state index in [9.17, 15) is 0 Å². The third-order valence-electron chi connectivity index (χ3n) is 10.1. The lowest BCUT2D eigenvalue weighted by molar-refractivity contribution is 0.282. The Labute approximate surface area is 292 Å². The van der Waals surface area contributed by atoms with Crippen LogP contribution in [0.1, 0.15) is 257 Å². The van der Waals surface area contributed by atoms with Crippen molar-refractivity contribution < 1.29 is 5.11 Å². The average molecular weight is 645 g/mol. The fraction of sp³-hybridized carbons (Fsp3) is 0.911. The van der Waals surface area contributed by atoms with Crippen molar-refractivity contribution in [1.82, 2.24) is 0 Å². The average Bonchev–Trinajstić information content (AvgIpc) is 3.07. The Morgan fingerprint density at radius 2 is 0.413 bits per heavy atom. The second kappa shape index (κ2) is 44.4. The minimum Gasteiger partial charge on any atom is -0.396 e. The number of hydrogen-bond donors (Lipinski definition) is 1. The molecule has 0 amide bonds. The molecule has 0 radical (unpaired) electrons. The van der Waals surface area contributed by atoms with E-state index < -0.39 is 0 Å². The van der Waals surface area contributed by atoms with E-state index in [1.54, 1.807) is 0 Å². The number of hydrogen-bond acceptors (Lipinski definition) is 1. The summed E-state index contributed by atoms with van der Waals surface area (Å²) in [7, 11) is 0. The molecular weight excluding hydrogens is 556 g/mol. The van der Waals surface area contributed by atoms with Crippen molar-refractivity contribution in [2.75, 3.05) is 6.61 Å². The van der Waals surface area contributed by atoms with Crippen LogP contribution >= 0.6 is 0 Å². The third kappa shape index (κ3) is 43.4. The number of allylic oxidation sites excluding steroid dienone is 4. The fourth-order valence-corrected chi connectivity index (χ4v) is 6.90. The van der Waals surface area contributed by atoms with Gasteiger partial charge in [-0.2, -0.15) is 0 Å². The van der Waals surface area contributed by atoms with E-state index in [1.807, 2.05) is 0 Å². The van der Waals surface area contributed by atoms with E-state index in [1.165, 1.54) is 244 Å². The van der Waals surface area contributed by atoms with Crippen molar-refractivity contribution in [3.8, 4) is 0 Å². The zero-order valence-corrected chi connectivity index (χ0v) is 32.0. The number of aliphatic hydroxyl groups is 1. The van der Waals surface area contributed by atoms with Gasteiger partial charge in [0.2, 0.25) is 0 Å². The highest BCUT2D eigenvalue weighted by Crippen LogP contribution is 2.17. The molecule has 0 saturated heterocycles. The first-order valence-corrected chi connectivity index (χ1v) is 21.8. The van der Waals surface area contributed by atoms with Gasteiger partial charge in [-0.15, -0.1) is 0 Å². The van der Waals surface area contributed by atoms with Crippen LogP contribution in [0.2, 0.25) is 0 Å². The molecule has 1 N–H and O–H groups in total. The van der Waals surface area contributed by atoms with Crippen LogP contribution in [0.15, 0.2) is 24.3 Å². The van der Waals surface area contributed by atoms with Gasteiger partial charge in [-0.1, -0.05) is 230 Å². The summed E-state index contributed by atoms with van der Waals surface area (Å²) in [6.07, 6.45) is 64.6. The molecule has 0 bridgehead atoms. The minimum atomic E-state index is 0.373. The van der Waals surface area contributed by atoms with E-state index in [0.717, 1.165) is 6.42 Å². The minimum absolute atomic E-state index is 0.373. The summed E-state index contributed by atoms with van der Waals surface area (Å²) in [5.74, 6) is 0. The molecule has 0 atom stereocenters. The SMILES string of the molecule is CC/C=C/CCCCCCCCC/C=C/CCCCCCCCCCCCCCCCCCCCCCCCCCCCCCO. The van der Waals surface area contributed by atoms with E-state index in [4.69, 9.17) is 5.11 Å². The summed E-state index contributed by atoms with van der Waals surface area (Å²) < 4.78 is 0. The summed E-state index contributed by atoms with van der Waals surface area (Å²) in [6, 6.07) is 0. The van der Waals surface area contributed by atoms with Crippen LogP contribution in [0.25, 0.3) is 0 Å². The first kappa shape index (κ1) is 45.4. The van der Waals surface area contributed by atoms with Crippen LogP contribution in [0.5, 0.6) is 0 Å². The van der Waals surface area contributed by atoms with Crippen LogP contribution in [-0.4, -0.2) is 11.7 Å². The quantitative estimate of drug-likeness (QED) is 0.0518. The highest BCUT2D eigenvalue weighted by Gasteiger charge is 1.97. The molecule has 0 aromatic heterocycles. The third-order valence-corrected chi connectivity index (χ3v) is 10.1. The van der Waals surface area contributed by atoms with E-state index >= 15 is 0 Å². The first-order chi connectivity index (χ1) is 22.9. The summed E-state index contributed by atoms with van der Waals surface area (Å²) in [5.41, 5.74) is 0. The summed E-state index contributed by atoms with van der Waals surface area (Å²) in [4.78, 5) is 0. The zero-order chi connectivity index (χ0) is 33.1. The van der Waals surface area contributed by atoms with Gasteiger partial charge >= 0.3 is 0 Å². The predicted octanol–water partition coefficient (Wildman–Crippen LogP) is 16.3. The topological polar surface area (TPSA) is 20.2 Å². The first-order valence-electron chi connectivity index (χ1n) is 21.8. The Morgan fingerprint density at radius 1 is 0.239 bits per heavy atom. The molecule has 0 unspecified atom stereocenters. The Bertz CT molecular complexity index is 563. The lowest BCUT2D eigenvalue weighted by atomic mass is 10.0. The van der Waals surface area contributed by atoms with Crippen LogP contribution in [0, 0.1) is 0 Å². The maximum Gasteiger partial charge on any atom is 0.0431 e. The van der Waals surface area contributed by atoms with Gasteiger partial charge in [-0.25, -0.2) is 0 Å². The molecule has 274 valence electrons. The van der Waals surface area contributed by atoms with Gasteiger partial charge in [0.25, 0.3) is 0 Å². The zero-order valence-electron chi connectivity index (χ0n) is 32.0. The normalized spacial score (nSPS) is 12.0. The monoisotopic (exact) mass is 645 g/mol. The molecule has 0 aromatic carbocycles. The fourth-order valence-electron chi connectivity index (χ4n) is 6.90. The van der Waals surface area contributed by atoms with Crippen molar-refractivity contribution in [1.29, 1.82) is 0 Å². The van der Waals surface area contributed by atoms with Gasteiger partial charge < -0.3 is 5.11 Å². The second-order valence-electron chi connectivity index (χ2n) is 14.8. The molecule has 1 nitrogen and oxygen atoms in total. The van der Waals surface area contributed by atoms with Crippen molar-refractivity contribution in [2.45, 2.75) is 257 Å².